The molecule has 0 saturated heterocycles. The monoisotopic (exact) mass is 256 g/mol. The molecule has 0 aliphatic carbocycles. The second kappa shape index (κ2) is 4.14. The molecule has 0 bridgehead atoms. The molecule has 3 aromatic rings. The van der Waals surface area contributed by atoms with Gasteiger partial charge in [0.25, 0.3) is 0 Å². The van der Waals surface area contributed by atoms with Crippen LogP contribution >= 0.6 is 0 Å². The highest BCUT2D eigenvalue weighted by Crippen LogP contribution is 2.20. The van der Waals surface area contributed by atoms with Crippen LogP contribution in [0, 0.1) is 23.0 Å². The van der Waals surface area contributed by atoms with E-state index in [1.54, 1.807) is 18.3 Å². The quantitative estimate of drug-likeness (QED) is 0.672. The zero-order valence-electron chi connectivity index (χ0n) is 9.51. The Morgan fingerprint density at radius 3 is 2.74 bits per heavy atom. The van der Waals surface area contributed by atoms with Crippen molar-refractivity contribution in [1.82, 2.24) is 14.6 Å². The number of nitriles is 1. The molecule has 1 aromatic carbocycles. The van der Waals surface area contributed by atoms with Crippen molar-refractivity contribution in [3.63, 3.8) is 0 Å². The van der Waals surface area contributed by atoms with E-state index in [1.165, 1.54) is 10.6 Å². The molecule has 4 nitrogen and oxygen atoms in total. The zero-order valence-corrected chi connectivity index (χ0v) is 9.51. The molecule has 6 heteroatoms. The smallest absolute Gasteiger partial charge is 0.182 e. The molecule has 2 heterocycles. The lowest BCUT2D eigenvalue weighted by Crippen LogP contribution is -1.89. The van der Waals surface area contributed by atoms with Crippen LogP contribution in [0.5, 0.6) is 0 Å². The summed E-state index contributed by atoms with van der Waals surface area (Å²) in [5.41, 5.74) is 1.10. The van der Waals surface area contributed by atoms with Crippen molar-refractivity contribution in [2.45, 2.75) is 0 Å². The molecule has 92 valence electrons. The van der Waals surface area contributed by atoms with E-state index in [-0.39, 0.29) is 5.82 Å². The lowest BCUT2D eigenvalue weighted by atomic mass is 10.2. The van der Waals surface area contributed by atoms with Crippen molar-refractivity contribution < 1.29 is 8.78 Å². The first-order valence-electron chi connectivity index (χ1n) is 5.40. The molecule has 19 heavy (non-hydrogen) atoms. The minimum Gasteiger partial charge on any atom is -0.219 e. The summed E-state index contributed by atoms with van der Waals surface area (Å²) >= 11 is 0. The van der Waals surface area contributed by atoms with Crippen LogP contribution in [0.15, 0.2) is 36.5 Å². The summed E-state index contributed by atoms with van der Waals surface area (Å²) in [5, 5.41) is 13.1. The van der Waals surface area contributed by atoms with Crippen LogP contribution in [0.4, 0.5) is 8.78 Å². The number of fused-ring (bicyclic) bond motifs is 1. The van der Waals surface area contributed by atoms with E-state index in [0.717, 1.165) is 12.1 Å². The Morgan fingerprint density at radius 2 is 2.00 bits per heavy atom. The molecule has 3 rings (SSSR count). The van der Waals surface area contributed by atoms with Crippen LogP contribution in [-0.4, -0.2) is 14.6 Å². The average molecular weight is 256 g/mol. The first kappa shape index (κ1) is 11.3. The van der Waals surface area contributed by atoms with Gasteiger partial charge in [0.1, 0.15) is 6.07 Å². The van der Waals surface area contributed by atoms with Gasteiger partial charge in [0, 0.05) is 11.8 Å². The second-order valence-electron chi connectivity index (χ2n) is 3.87. The summed E-state index contributed by atoms with van der Waals surface area (Å²) < 4.78 is 27.5. The van der Waals surface area contributed by atoms with Gasteiger partial charge in [-0.2, -0.15) is 5.26 Å². The van der Waals surface area contributed by atoms with Gasteiger partial charge in [0.05, 0.1) is 5.56 Å². The van der Waals surface area contributed by atoms with Gasteiger partial charge in [-0.1, -0.05) is 0 Å². The fraction of sp³-hybridized carbons (Fsp3) is 0. The Hall–Kier alpha value is -2.81. The van der Waals surface area contributed by atoms with Crippen molar-refractivity contribution in [2.24, 2.45) is 0 Å². The van der Waals surface area contributed by atoms with Gasteiger partial charge in [-0.25, -0.2) is 18.3 Å². The molecule has 0 aliphatic heterocycles. The zero-order chi connectivity index (χ0) is 13.4. The molecule has 2 aromatic heterocycles. The Bertz CT molecular complexity index is 817. The van der Waals surface area contributed by atoms with Gasteiger partial charge >= 0.3 is 0 Å². The first-order valence-corrected chi connectivity index (χ1v) is 5.40. The normalized spacial score (nSPS) is 10.6. The number of hydrogen-bond acceptors (Lipinski definition) is 3. The minimum atomic E-state index is -0.961. The molecule has 0 atom stereocenters. The molecule has 0 spiro atoms. The number of benzene rings is 1. The van der Waals surface area contributed by atoms with Crippen LogP contribution in [-0.2, 0) is 0 Å². The number of hydrogen-bond donors (Lipinski definition) is 0. The van der Waals surface area contributed by atoms with E-state index in [9.17, 15) is 8.78 Å². The summed E-state index contributed by atoms with van der Waals surface area (Å²) in [4.78, 5) is 4.16. The molecule has 0 aliphatic rings. The van der Waals surface area contributed by atoms with Gasteiger partial charge in [-0.15, -0.1) is 5.10 Å². The SMILES string of the molecule is N#Cc1cccn2nc(-c3ccc(F)c(F)c3)nc12. The third kappa shape index (κ3) is 1.81. The Morgan fingerprint density at radius 1 is 1.16 bits per heavy atom. The maximum atomic E-state index is 13.2. The summed E-state index contributed by atoms with van der Waals surface area (Å²) in [7, 11) is 0. The number of rotatable bonds is 1. The fourth-order valence-corrected chi connectivity index (χ4v) is 1.75. The van der Waals surface area contributed by atoms with Gasteiger partial charge in [0.15, 0.2) is 23.1 Å². The van der Waals surface area contributed by atoms with Crippen molar-refractivity contribution in [3.8, 4) is 17.5 Å². The number of aromatic nitrogens is 3. The summed E-state index contributed by atoms with van der Waals surface area (Å²) in [6.45, 7) is 0. The van der Waals surface area contributed by atoms with Gasteiger partial charge in [-0.05, 0) is 30.3 Å². The van der Waals surface area contributed by atoms with Gasteiger partial charge in [-0.3, -0.25) is 0 Å². The minimum absolute atomic E-state index is 0.238. The maximum absolute atomic E-state index is 13.2. The predicted octanol–water partition coefficient (Wildman–Crippen LogP) is 2.55. The lowest BCUT2D eigenvalue weighted by molar-refractivity contribution is 0.509. The fourth-order valence-electron chi connectivity index (χ4n) is 1.75. The largest absolute Gasteiger partial charge is 0.219 e. The van der Waals surface area contributed by atoms with Crippen molar-refractivity contribution in [3.05, 3.63) is 53.7 Å². The van der Waals surface area contributed by atoms with Crippen LogP contribution in [0.1, 0.15) is 5.56 Å². The average Bonchev–Trinajstić information content (AvgIpc) is 2.85. The second-order valence-corrected chi connectivity index (χ2v) is 3.87. The number of nitrogens with zero attached hydrogens (tertiary/aromatic N) is 4. The first-order chi connectivity index (χ1) is 9.19. The third-order valence-electron chi connectivity index (χ3n) is 2.66. The van der Waals surface area contributed by atoms with Crippen LogP contribution in [0.25, 0.3) is 17.0 Å². The van der Waals surface area contributed by atoms with E-state index in [0.29, 0.717) is 16.8 Å². The molecule has 0 radical (unpaired) electrons. The molecule has 0 fully saturated rings. The van der Waals surface area contributed by atoms with E-state index in [1.807, 2.05) is 6.07 Å². The maximum Gasteiger partial charge on any atom is 0.182 e. The molecule has 0 unspecified atom stereocenters. The van der Waals surface area contributed by atoms with E-state index >= 15 is 0 Å². The van der Waals surface area contributed by atoms with Gasteiger partial charge in [0.2, 0.25) is 0 Å². The topological polar surface area (TPSA) is 54.0 Å². The molecule has 0 saturated carbocycles. The molecular formula is C13H6F2N4. The molecule has 0 amide bonds. The van der Waals surface area contributed by atoms with E-state index in [4.69, 9.17) is 5.26 Å². The molecular weight excluding hydrogens is 250 g/mol. The molecule has 0 N–H and O–H groups in total. The van der Waals surface area contributed by atoms with Crippen LogP contribution in [0.2, 0.25) is 0 Å². The lowest BCUT2D eigenvalue weighted by Gasteiger charge is -1.95. The Labute approximate surface area is 106 Å². The van der Waals surface area contributed by atoms with E-state index in [2.05, 4.69) is 10.1 Å². The van der Waals surface area contributed by atoms with Crippen molar-refractivity contribution >= 4 is 5.65 Å². The summed E-state index contributed by atoms with van der Waals surface area (Å²) in [5.74, 6) is -1.65. The third-order valence-corrected chi connectivity index (χ3v) is 2.66. The highest BCUT2D eigenvalue weighted by molar-refractivity contribution is 5.62. The predicted molar refractivity (Wildman–Crippen MR) is 63.1 cm³/mol. The Kier molecular flexibility index (Phi) is 2.46. The summed E-state index contributed by atoms with van der Waals surface area (Å²) in [6, 6.07) is 8.70. The highest BCUT2D eigenvalue weighted by Gasteiger charge is 2.11. The summed E-state index contributed by atoms with van der Waals surface area (Å²) in [6.07, 6.45) is 1.63. The number of pyridine rings is 1. The van der Waals surface area contributed by atoms with Crippen molar-refractivity contribution in [2.75, 3.05) is 0 Å². The standard InChI is InChI=1S/C13H6F2N4/c14-10-4-3-8(6-11(10)15)12-17-13-9(7-16)2-1-5-19(13)18-12/h1-6H. The van der Waals surface area contributed by atoms with E-state index < -0.39 is 11.6 Å². The van der Waals surface area contributed by atoms with Crippen molar-refractivity contribution in [1.29, 1.82) is 5.26 Å². The van der Waals surface area contributed by atoms with Crippen LogP contribution < -0.4 is 0 Å². The number of halogens is 2. The Balaban J connectivity index is 2.21. The van der Waals surface area contributed by atoms with Crippen LogP contribution in [0.3, 0.4) is 0 Å². The van der Waals surface area contributed by atoms with Gasteiger partial charge < -0.3 is 0 Å². The highest BCUT2D eigenvalue weighted by atomic mass is 19.2.